The van der Waals surface area contributed by atoms with E-state index in [1.807, 2.05) is 36.6 Å². The van der Waals surface area contributed by atoms with E-state index in [2.05, 4.69) is 11.9 Å². The van der Waals surface area contributed by atoms with Gasteiger partial charge in [0.15, 0.2) is 0 Å². The van der Waals surface area contributed by atoms with Crippen LogP contribution < -0.4 is 10.5 Å². The average Bonchev–Trinajstić information content (AvgIpc) is 2.81. The molecule has 18 heavy (non-hydrogen) atoms. The second-order valence-corrected chi connectivity index (χ2v) is 5.17. The van der Waals surface area contributed by atoms with E-state index in [9.17, 15) is 0 Å². The van der Waals surface area contributed by atoms with Gasteiger partial charge in [-0.05, 0) is 19.4 Å². The van der Waals surface area contributed by atoms with E-state index < -0.39 is 0 Å². The van der Waals surface area contributed by atoms with Gasteiger partial charge in [-0.3, -0.25) is 0 Å². The molecule has 2 N–H and O–H groups in total. The predicted molar refractivity (Wildman–Crippen MR) is 74.8 cm³/mol. The Bertz CT molecular complexity index is 510. The van der Waals surface area contributed by atoms with Crippen LogP contribution in [0.15, 0.2) is 29.6 Å². The van der Waals surface area contributed by atoms with Gasteiger partial charge in [0.25, 0.3) is 0 Å². The minimum absolute atomic E-state index is 0.0271. The molecule has 0 spiro atoms. The van der Waals surface area contributed by atoms with Crippen LogP contribution in [0.5, 0.6) is 5.75 Å². The molecule has 2 rings (SSSR count). The number of nitrogens with two attached hydrogens (primary N) is 1. The summed E-state index contributed by atoms with van der Waals surface area (Å²) in [5, 5.41) is 3.02. The lowest BCUT2D eigenvalue weighted by Gasteiger charge is -2.14. The maximum Gasteiger partial charge on any atom is 0.140 e. The van der Waals surface area contributed by atoms with Crippen LogP contribution in [-0.4, -0.2) is 4.98 Å². The second-order valence-electron chi connectivity index (χ2n) is 4.22. The zero-order valence-corrected chi connectivity index (χ0v) is 11.5. The summed E-state index contributed by atoms with van der Waals surface area (Å²) in [6.45, 7) is 4.57. The van der Waals surface area contributed by atoms with Crippen molar-refractivity contribution in [1.29, 1.82) is 0 Å². The molecule has 0 fully saturated rings. The van der Waals surface area contributed by atoms with Gasteiger partial charge in [-0.1, -0.05) is 25.1 Å². The lowest BCUT2D eigenvalue weighted by molar-refractivity contribution is 0.300. The number of ether oxygens (including phenoxy) is 1. The van der Waals surface area contributed by atoms with Crippen LogP contribution in [0.2, 0.25) is 0 Å². The highest BCUT2D eigenvalue weighted by Gasteiger charge is 2.10. The Morgan fingerprint density at radius 3 is 2.83 bits per heavy atom. The van der Waals surface area contributed by atoms with Crippen molar-refractivity contribution in [3.63, 3.8) is 0 Å². The van der Waals surface area contributed by atoms with Crippen LogP contribution in [0, 0.1) is 6.92 Å². The zero-order valence-electron chi connectivity index (χ0n) is 10.7. The van der Waals surface area contributed by atoms with Crippen molar-refractivity contribution in [1.82, 2.24) is 4.98 Å². The van der Waals surface area contributed by atoms with E-state index in [4.69, 9.17) is 10.5 Å². The highest BCUT2D eigenvalue weighted by molar-refractivity contribution is 7.09. The molecular formula is C14H18N2OS. The van der Waals surface area contributed by atoms with Crippen LogP contribution in [0.3, 0.4) is 0 Å². The quantitative estimate of drug-likeness (QED) is 0.898. The van der Waals surface area contributed by atoms with Crippen molar-refractivity contribution in [3.8, 4) is 5.75 Å². The maximum atomic E-state index is 6.08. The van der Waals surface area contributed by atoms with E-state index in [0.717, 1.165) is 28.4 Å². The number of hydrogen-bond donors (Lipinski definition) is 1. The molecule has 1 aromatic heterocycles. The van der Waals surface area contributed by atoms with Crippen LogP contribution >= 0.6 is 11.3 Å². The van der Waals surface area contributed by atoms with Gasteiger partial charge in [0.05, 0.1) is 0 Å². The number of aryl methyl sites for hydroxylation is 1. The van der Waals surface area contributed by atoms with E-state index in [1.165, 1.54) is 0 Å². The van der Waals surface area contributed by atoms with E-state index in [-0.39, 0.29) is 6.04 Å². The summed E-state index contributed by atoms with van der Waals surface area (Å²) in [6.07, 6.45) is 0.900. The lowest BCUT2D eigenvalue weighted by atomic mass is 10.0. The number of benzene rings is 1. The van der Waals surface area contributed by atoms with Crippen LogP contribution in [-0.2, 0) is 6.61 Å². The Balaban J connectivity index is 2.09. The molecule has 4 heteroatoms. The highest BCUT2D eigenvalue weighted by Crippen LogP contribution is 2.26. The minimum atomic E-state index is 0.0271. The summed E-state index contributed by atoms with van der Waals surface area (Å²) < 4.78 is 5.83. The van der Waals surface area contributed by atoms with Crippen molar-refractivity contribution < 1.29 is 4.74 Å². The Morgan fingerprint density at radius 1 is 1.39 bits per heavy atom. The molecule has 1 aromatic carbocycles. The van der Waals surface area contributed by atoms with Gasteiger partial charge in [-0.2, -0.15) is 0 Å². The first-order valence-corrected chi connectivity index (χ1v) is 6.97. The van der Waals surface area contributed by atoms with Gasteiger partial charge in [0.2, 0.25) is 0 Å². The molecule has 0 unspecified atom stereocenters. The summed E-state index contributed by atoms with van der Waals surface area (Å²) in [4.78, 5) is 4.38. The van der Waals surface area contributed by atoms with Gasteiger partial charge in [-0.15, -0.1) is 11.3 Å². The molecule has 0 saturated heterocycles. The number of thiazole rings is 1. The molecule has 2 aromatic rings. The molecule has 1 heterocycles. The molecule has 0 bridgehead atoms. The first-order chi connectivity index (χ1) is 8.70. The third kappa shape index (κ3) is 3.09. The number of hydrogen-bond acceptors (Lipinski definition) is 4. The van der Waals surface area contributed by atoms with Crippen molar-refractivity contribution in [2.45, 2.75) is 32.9 Å². The third-order valence-electron chi connectivity index (χ3n) is 2.78. The van der Waals surface area contributed by atoms with Crippen LogP contribution in [0.25, 0.3) is 0 Å². The Kier molecular flexibility index (Phi) is 4.33. The fraction of sp³-hybridized carbons (Fsp3) is 0.357. The van der Waals surface area contributed by atoms with E-state index >= 15 is 0 Å². The van der Waals surface area contributed by atoms with Crippen molar-refractivity contribution >= 4 is 11.3 Å². The normalized spacial score (nSPS) is 12.4. The van der Waals surface area contributed by atoms with Crippen molar-refractivity contribution in [2.24, 2.45) is 5.73 Å². The Morgan fingerprint density at radius 2 is 2.17 bits per heavy atom. The molecule has 0 radical (unpaired) electrons. The first kappa shape index (κ1) is 13.1. The summed E-state index contributed by atoms with van der Waals surface area (Å²) in [6, 6.07) is 7.97. The number of rotatable bonds is 5. The molecule has 96 valence electrons. The SMILES string of the molecule is CC[C@H](N)c1ccccc1OCc1nc(C)cs1. The summed E-state index contributed by atoms with van der Waals surface area (Å²) in [5.41, 5.74) is 8.18. The molecule has 0 aliphatic carbocycles. The van der Waals surface area contributed by atoms with Gasteiger partial charge in [0.1, 0.15) is 17.4 Å². The van der Waals surface area contributed by atoms with Gasteiger partial charge < -0.3 is 10.5 Å². The minimum Gasteiger partial charge on any atom is -0.486 e. The summed E-state index contributed by atoms with van der Waals surface area (Å²) in [5.74, 6) is 0.861. The van der Waals surface area contributed by atoms with Gasteiger partial charge in [-0.25, -0.2) is 4.98 Å². The second kappa shape index (κ2) is 5.98. The molecule has 0 saturated carbocycles. The third-order valence-corrected chi connectivity index (χ3v) is 3.72. The highest BCUT2D eigenvalue weighted by atomic mass is 32.1. The molecule has 0 aliphatic rings. The molecule has 1 atom stereocenters. The monoisotopic (exact) mass is 262 g/mol. The zero-order chi connectivity index (χ0) is 13.0. The average molecular weight is 262 g/mol. The number of nitrogens with zero attached hydrogens (tertiary/aromatic N) is 1. The fourth-order valence-corrected chi connectivity index (χ4v) is 2.43. The smallest absolute Gasteiger partial charge is 0.140 e. The molecule has 3 nitrogen and oxygen atoms in total. The van der Waals surface area contributed by atoms with Gasteiger partial charge in [0, 0.05) is 22.7 Å². The predicted octanol–water partition coefficient (Wildman–Crippen LogP) is 3.44. The summed E-state index contributed by atoms with van der Waals surface area (Å²) in [7, 11) is 0. The number of para-hydroxylation sites is 1. The number of aromatic nitrogens is 1. The van der Waals surface area contributed by atoms with Crippen molar-refractivity contribution in [2.75, 3.05) is 0 Å². The molecular weight excluding hydrogens is 244 g/mol. The van der Waals surface area contributed by atoms with Crippen molar-refractivity contribution in [3.05, 3.63) is 45.9 Å². The first-order valence-electron chi connectivity index (χ1n) is 6.09. The Hall–Kier alpha value is -1.39. The van der Waals surface area contributed by atoms with E-state index in [1.54, 1.807) is 11.3 Å². The largest absolute Gasteiger partial charge is 0.486 e. The van der Waals surface area contributed by atoms with E-state index in [0.29, 0.717) is 6.61 Å². The molecule has 0 aliphatic heterocycles. The topological polar surface area (TPSA) is 48.1 Å². The van der Waals surface area contributed by atoms with Gasteiger partial charge >= 0.3 is 0 Å². The standard InChI is InChI=1S/C14H18N2OS/c1-3-12(15)11-6-4-5-7-13(11)17-8-14-16-10(2)9-18-14/h4-7,9,12H,3,8,15H2,1-2H3/t12-/m0/s1. The Labute approximate surface area is 112 Å². The summed E-state index contributed by atoms with van der Waals surface area (Å²) >= 11 is 1.62. The maximum absolute atomic E-state index is 6.08. The lowest BCUT2D eigenvalue weighted by Crippen LogP contribution is -2.10. The molecule has 0 amide bonds. The van der Waals surface area contributed by atoms with Crippen LogP contribution in [0.1, 0.15) is 35.7 Å². The fourth-order valence-electron chi connectivity index (χ4n) is 1.75. The van der Waals surface area contributed by atoms with Crippen LogP contribution in [0.4, 0.5) is 0 Å².